The van der Waals surface area contributed by atoms with Crippen LogP contribution >= 0.6 is 0 Å². The molecule has 0 fully saturated rings. The Morgan fingerprint density at radius 2 is 1.80 bits per heavy atom. The Bertz CT molecular complexity index is 783. The largest absolute Gasteiger partial charge is 0.497 e. The minimum Gasteiger partial charge on any atom is -0.497 e. The van der Waals surface area contributed by atoms with Crippen molar-refractivity contribution >= 4 is 17.4 Å². The highest BCUT2D eigenvalue weighted by molar-refractivity contribution is 5.96. The predicted molar refractivity (Wildman–Crippen MR) is 95.6 cm³/mol. The van der Waals surface area contributed by atoms with E-state index in [9.17, 15) is 9.59 Å². The van der Waals surface area contributed by atoms with Gasteiger partial charge in [-0.15, -0.1) is 0 Å². The number of ketones is 1. The van der Waals surface area contributed by atoms with Crippen LogP contribution in [0.3, 0.4) is 0 Å². The molecule has 0 saturated carbocycles. The monoisotopic (exact) mass is 339 g/mol. The van der Waals surface area contributed by atoms with Crippen LogP contribution in [0.2, 0.25) is 0 Å². The first-order valence-corrected chi connectivity index (χ1v) is 8.29. The third kappa shape index (κ3) is 3.82. The average molecular weight is 339 g/mol. The highest BCUT2D eigenvalue weighted by Gasteiger charge is 2.23. The summed E-state index contributed by atoms with van der Waals surface area (Å²) in [5, 5.41) is 0. The number of ether oxygens (including phenoxy) is 2. The van der Waals surface area contributed by atoms with E-state index < -0.39 is 0 Å². The molecule has 5 heteroatoms. The van der Waals surface area contributed by atoms with Gasteiger partial charge in [-0.2, -0.15) is 0 Å². The van der Waals surface area contributed by atoms with Crippen LogP contribution in [0, 0.1) is 0 Å². The van der Waals surface area contributed by atoms with Gasteiger partial charge in [0.1, 0.15) is 11.5 Å². The number of methoxy groups -OCH3 is 1. The highest BCUT2D eigenvalue weighted by atomic mass is 16.5. The maximum absolute atomic E-state index is 12.6. The first kappa shape index (κ1) is 17.0. The molecule has 0 radical (unpaired) electrons. The summed E-state index contributed by atoms with van der Waals surface area (Å²) in [6, 6.07) is 12.6. The van der Waals surface area contributed by atoms with Crippen molar-refractivity contribution in [2.45, 2.75) is 19.8 Å². The zero-order chi connectivity index (χ0) is 17.8. The third-order valence-corrected chi connectivity index (χ3v) is 4.33. The molecule has 0 aliphatic carbocycles. The van der Waals surface area contributed by atoms with Gasteiger partial charge in [-0.25, -0.2) is 0 Å². The van der Waals surface area contributed by atoms with Crippen LogP contribution in [0.4, 0.5) is 5.69 Å². The number of fused-ring (bicyclic) bond motifs is 1. The molecule has 5 nitrogen and oxygen atoms in total. The van der Waals surface area contributed by atoms with E-state index in [-0.39, 0.29) is 18.3 Å². The molecule has 0 unspecified atom stereocenters. The van der Waals surface area contributed by atoms with E-state index in [0.717, 1.165) is 29.8 Å². The summed E-state index contributed by atoms with van der Waals surface area (Å²) in [5.74, 6) is 1.30. The minimum absolute atomic E-state index is 0.00276. The molecule has 2 aromatic carbocycles. The number of carbonyl (C=O) groups excluding carboxylic acids is 2. The summed E-state index contributed by atoms with van der Waals surface area (Å²) in [4.78, 5) is 25.6. The topological polar surface area (TPSA) is 55.8 Å². The number of nitrogens with zero attached hydrogens (tertiary/aromatic N) is 1. The summed E-state index contributed by atoms with van der Waals surface area (Å²) < 4.78 is 10.8. The number of hydrogen-bond acceptors (Lipinski definition) is 4. The molecule has 3 rings (SSSR count). The van der Waals surface area contributed by atoms with E-state index in [1.165, 1.54) is 6.92 Å². The number of benzene rings is 2. The molecule has 0 N–H and O–H groups in total. The number of hydrogen-bond donors (Lipinski definition) is 0. The number of anilines is 1. The van der Waals surface area contributed by atoms with Gasteiger partial charge in [-0.05, 0) is 67.8 Å². The molecule has 130 valence electrons. The van der Waals surface area contributed by atoms with Gasteiger partial charge in [-0.1, -0.05) is 0 Å². The van der Waals surface area contributed by atoms with Crippen LogP contribution in [-0.4, -0.2) is 32.0 Å². The average Bonchev–Trinajstić information content (AvgIpc) is 2.65. The van der Waals surface area contributed by atoms with Crippen molar-refractivity contribution in [1.82, 2.24) is 0 Å². The van der Waals surface area contributed by atoms with Crippen molar-refractivity contribution in [3.05, 3.63) is 53.6 Å². The summed E-state index contributed by atoms with van der Waals surface area (Å²) in [6.45, 7) is 2.16. The second-order valence-corrected chi connectivity index (χ2v) is 6.01. The minimum atomic E-state index is -0.0817. The zero-order valence-corrected chi connectivity index (χ0v) is 14.5. The molecule has 2 aromatic rings. The second kappa shape index (κ2) is 7.38. The molecule has 1 heterocycles. The number of rotatable bonds is 5. The van der Waals surface area contributed by atoms with Crippen molar-refractivity contribution in [2.24, 2.45) is 0 Å². The number of carbonyl (C=O) groups is 2. The van der Waals surface area contributed by atoms with E-state index in [4.69, 9.17) is 9.47 Å². The molecular weight excluding hydrogens is 318 g/mol. The zero-order valence-electron chi connectivity index (χ0n) is 14.5. The van der Waals surface area contributed by atoms with Crippen molar-refractivity contribution in [3.63, 3.8) is 0 Å². The van der Waals surface area contributed by atoms with Gasteiger partial charge in [0.2, 0.25) is 0 Å². The molecule has 1 aliphatic rings. The Hall–Kier alpha value is -2.82. The van der Waals surface area contributed by atoms with E-state index in [0.29, 0.717) is 17.9 Å². The Morgan fingerprint density at radius 3 is 2.48 bits per heavy atom. The van der Waals surface area contributed by atoms with Gasteiger partial charge in [0.05, 0.1) is 7.11 Å². The Morgan fingerprint density at radius 1 is 1.08 bits per heavy atom. The molecule has 0 saturated heterocycles. The lowest BCUT2D eigenvalue weighted by Crippen LogP contribution is -2.38. The first-order chi connectivity index (χ1) is 12.1. The lowest BCUT2D eigenvalue weighted by molar-refractivity contribution is -0.120. The molecule has 25 heavy (non-hydrogen) atoms. The quantitative estimate of drug-likeness (QED) is 0.785. The van der Waals surface area contributed by atoms with Crippen molar-refractivity contribution in [1.29, 1.82) is 0 Å². The van der Waals surface area contributed by atoms with E-state index in [2.05, 4.69) is 0 Å². The number of amides is 1. The Kier molecular flexibility index (Phi) is 5.03. The fourth-order valence-electron chi connectivity index (χ4n) is 2.97. The van der Waals surface area contributed by atoms with E-state index in [1.807, 2.05) is 18.2 Å². The second-order valence-electron chi connectivity index (χ2n) is 6.01. The van der Waals surface area contributed by atoms with Gasteiger partial charge >= 0.3 is 0 Å². The molecule has 1 amide bonds. The van der Waals surface area contributed by atoms with Gasteiger partial charge in [0, 0.05) is 17.8 Å². The molecule has 0 aromatic heterocycles. The molecule has 0 bridgehead atoms. The van der Waals surface area contributed by atoms with Crippen LogP contribution < -0.4 is 14.4 Å². The fraction of sp³-hybridized carbons (Fsp3) is 0.300. The van der Waals surface area contributed by atoms with Gasteiger partial charge in [0.25, 0.3) is 5.91 Å². The maximum Gasteiger partial charge on any atom is 0.264 e. The molecule has 0 atom stereocenters. The van der Waals surface area contributed by atoms with Gasteiger partial charge < -0.3 is 14.4 Å². The predicted octanol–water partition coefficient (Wildman–Crippen LogP) is 3.26. The van der Waals surface area contributed by atoms with Gasteiger partial charge in [-0.3, -0.25) is 9.59 Å². The smallest absolute Gasteiger partial charge is 0.264 e. The van der Waals surface area contributed by atoms with Crippen LogP contribution in [0.1, 0.15) is 29.3 Å². The lowest BCUT2D eigenvalue weighted by atomic mass is 10.0. The Balaban J connectivity index is 1.67. The first-order valence-electron chi connectivity index (χ1n) is 8.29. The summed E-state index contributed by atoms with van der Waals surface area (Å²) in [6.07, 6.45) is 1.85. The van der Waals surface area contributed by atoms with Gasteiger partial charge in [0.15, 0.2) is 12.4 Å². The van der Waals surface area contributed by atoms with Crippen LogP contribution in [0.15, 0.2) is 42.5 Å². The summed E-state index contributed by atoms with van der Waals surface area (Å²) >= 11 is 0. The summed E-state index contributed by atoms with van der Waals surface area (Å²) in [7, 11) is 1.64. The van der Waals surface area contributed by atoms with E-state index >= 15 is 0 Å². The van der Waals surface area contributed by atoms with Crippen molar-refractivity contribution in [3.8, 4) is 11.5 Å². The van der Waals surface area contributed by atoms with Crippen molar-refractivity contribution < 1.29 is 19.1 Å². The number of Topliss-reactive ketones (excluding diaryl/α,β-unsaturated/α-hetero) is 1. The van der Waals surface area contributed by atoms with E-state index in [1.54, 1.807) is 36.3 Å². The van der Waals surface area contributed by atoms with Crippen molar-refractivity contribution in [2.75, 3.05) is 25.2 Å². The molecule has 1 aliphatic heterocycles. The van der Waals surface area contributed by atoms with Crippen LogP contribution in [0.5, 0.6) is 11.5 Å². The Labute approximate surface area is 147 Å². The number of aryl methyl sites for hydroxylation is 1. The summed E-state index contributed by atoms with van der Waals surface area (Å²) in [5.41, 5.74) is 2.66. The SMILES string of the molecule is COc1ccc2c(c1)CCCN2C(=O)COc1ccc(C(C)=O)cc1. The molecule has 0 spiro atoms. The van der Waals surface area contributed by atoms with Crippen LogP contribution in [-0.2, 0) is 11.2 Å². The third-order valence-electron chi connectivity index (χ3n) is 4.33. The maximum atomic E-state index is 12.6. The van der Waals surface area contributed by atoms with Crippen LogP contribution in [0.25, 0.3) is 0 Å². The molecular formula is C20H21NO4. The highest BCUT2D eigenvalue weighted by Crippen LogP contribution is 2.30. The fourth-order valence-corrected chi connectivity index (χ4v) is 2.97. The lowest BCUT2D eigenvalue weighted by Gasteiger charge is -2.29. The standard InChI is InChI=1S/C20H21NO4/c1-14(22)15-5-7-17(8-6-15)25-13-20(23)21-11-3-4-16-12-18(24-2)9-10-19(16)21/h5-10,12H,3-4,11,13H2,1-2H3. The normalized spacial score (nSPS) is 13.1.